The average Bonchev–Trinajstić information content (AvgIpc) is 2.71. The van der Waals surface area contributed by atoms with Crippen LogP contribution in [0.2, 0.25) is 5.02 Å². The van der Waals surface area contributed by atoms with E-state index in [0.29, 0.717) is 16.6 Å². The van der Waals surface area contributed by atoms with Gasteiger partial charge in [-0.1, -0.05) is 18.5 Å². The lowest BCUT2D eigenvalue weighted by atomic mass is 9.79. The molecule has 0 aliphatic carbocycles. The average molecular weight is 468 g/mol. The van der Waals surface area contributed by atoms with Gasteiger partial charge in [0, 0.05) is 23.3 Å². The summed E-state index contributed by atoms with van der Waals surface area (Å²) in [6, 6.07) is 11.0. The van der Waals surface area contributed by atoms with Gasteiger partial charge in [-0.25, -0.2) is 0 Å². The Morgan fingerprint density at radius 1 is 1.19 bits per heavy atom. The fourth-order valence-corrected chi connectivity index (χ4v) is 4.93. The number of nitrogens with zero attached hydrogens (tertiary/aromatic N) is 2. The minimum atomic E-state index is -0.492. The van der Waals surface area contributed by atoms with Crippen molar-refractivity contribution >= 4 is 58.2 Å². The lowest BCUT2D eigenvalue weighted by Crippen LogP contribution is -2.54. The number of fused-ring (bicyclic) bond motifs is 1. The van der Waals surface area contributed by atoms with E-state index in [0.717, 1.165) is 17.5 Å². The van der Waals surface area contributed by atoms with Gasteiger partial charge in [-0.15, -0.1) is 0 Å². The minimum absolute atomic E-state index is 0.0498. The first-order valence-electron chi connectivity index (χ1n) is 10.5. The standard InChI is InChI=1S/C25H26ClN3O2S/c1-14-10-21-19(15(2)13-25(3,4)28(21)5)11-16(14)12-20-22(30)27-24(32)29(23(20)31)18-8-6-17(26)7-9-18/h6-12,15H,13H2,1-5H3,(H,27,30,32)/b20-12+/t15-/m1/s1. The third kappa shape index (κ3) is 3.82. The number of thiocarbonyl (C=S) groups is 1. The predicted molar refractivity (Wildman–Crippen MR) is 134 cm³/mol. The number of halogens is 1. The van der Waals surface area contributed by atoms with Crippen LogP contribution in [0.1, 0.15) is 49.8 Å². The summed E-state index contributed by atoms with van der Waals surface area (Å²) in [5.41, 5.74) is 4.93. The fourth-order valence-electron chi connectivity index (χ4n) is 4.53. The lowest BCUT2D eigenvalue weighted by molar-refractivity contribution is -0.122. The van der Waals surface area contributed by atoms with Crippen LogP contribution >= 0.6 is 23.8 Å². The van der Waals surface area contributed by atoms with Crippen molar-refractivity contribution in [3.8, 4) is 0 Å². The lowest BCUT2D eigenvalue weighted by Gasteiger charge is -2.45. The van der Waals surface area contributed by atoms with Gasteiger partial charge in [0.25, 0.3) is 11.8 Å². The van der Waals surface area contributed by atoms with E-state index >= 15 is 0 Å². The molecule has 2 aliphatic rings. The number of aryl methyl sites for hydroxylation is 1. The van der Waals surface area contributed by atoms with Crippen LogP contribution in [0.15, 0.2) is 42.0 Å². The van der Waals surface area contributed by atoms with Gasteiger partial charge in [-0.2, -0.15) is 0 Å². The molecule has 2 aliphatic heterocycles. The number of hydrogen-bond donors (Lipinski definition) is 1. The van der Waals surface area contributed by atoms with Crippen LogP contribution in [0, 0.1) is 6.92 Å². The van der Waals surface area contributed by atoms with Crippen LogP contribution in [0.4, 0.5) is 11.4 Å². The monoisotopic (exact) mass is 467 g/mol. The van der Waals surface area contributed by atoms with Gasteiger partial charge >= 0.3 is 0 Å². The summed E-state index contributed by atoms with van der Waals surface area (Å²) in [5.74, 6) is -0.582. The van der Waals surface area contributed by atoms with Crippen molar-refractivity contribution in [1.29, 1.82) is 0 Å². The van der Waals surface area contributed by atoms with Crippen LogP contribution in [-0.2, 0) is 9.59 Å². The number of anilines is 2. The second-order valence-corrected chi connectivity index (χ2v) is 10.0. The Kier molecular flexibility index (Phi) is 5.63. The molecule has 4 rings (SSSR count). The molecule has 2 aromatic rings. The van der Waals surface area contributed by atoms with Gasteiger partial charge in [0.15, 0.2) is 5.11 Å². The van der Waals surface area contributed by atoms with Gasteiger partial charge in [0.05, 0.1) is 5.69 Å². The Morgan fingerprint density at radius 2 is 1.84 bits per heavy atom. The van der Waals surface area contributed by atoms with Crippen molar-refractivity contribution in [3.63, 3.8) is 0 Å². The van der Waals surface area contributed by atoms with Gasteiger partial charge in [-0.3, -0.25) is 19.8 Å². The zero-order valence-corrected chi connectivity index (χ0v) is 20.4. The van der Waals surface area contributed by atoms with Crippen molar-refractivity contribution in [2.75, 3.05) is 16.8 Å². The molecule has 1 fully saturated rings. The molecular formula is C25H26ClN3O2S. The Balaban J connectivity index is 1.77. The Hall–Kier alpha value is -2.70. The number of amides is 2. The maximum Gasteiger partial charge on any atom is 0.270 e. The van der Waals surface area contributed by atoms with Gasteiger partial charge in [-0.05, 0) is 104 Å². The molecule has 166 valence electrons. The second-order valence-electron chi connectivity index (χ2n) is 9.18. The summed E-state index contributed by atoms with van der Waals surface area (Å²) in [7, 11) is 2.12. The molecule has 0 radical (unpaired) electrons. The van der Waals surface area contributed by atoms with Gasteiger partial charge < -0.3 is 4.90 Å². The molecule has 0 unspecified atom stereocenters. The molecule has 0 aromatic heterocycles. The van der Waals surface area contributed by atoms with Gasteiger partial charge in [0.2, 0.25) is 0 Å². The Labute approximate surface area is 199 Å². The highest BCUT2D eigenvalue weighted by Gasteiger charge is 2.36. The summed E-state index contributed by atoms with van der Waals surface area (Å²) in [4.78, 5) is 29.6. The first-order chi connectivity index (χ1) is 15.0. The molecular weight excluding hydrogens is 442 g/mol. The first kappa shape index (κ1) is 22.5. The van der Waals surface area contributed by atoms with Crippen LogP contribution in [0.3, 0.4) is 0 Å². The second kappa shape index (κ2) is 8.01. The summed E-state index contributed by atoms with van der Waals surface area (Å²) in [5, 5.41) is 3.25. The number of benzene rings is 2. The molecule has 0 bridgehead atoms. The van der Waals surface area contributed by atoms with Crippen LogP contribution in [-0.4, -0.2) is 29.5 Å². The molecule has 1 atom stereocenters. The highest BCUT2D eigenvalue weighted by atomic mass is 35.5. The summed E-state index contributed by atoms with van der Waals surface area (Å²) in [6.07, 6.45) is 2.69. The molecule has 2 heterocycles. The molecule has 1 N–H and O–H groups in total. The van der Waals surface area contributed by atoms with E-state index in [9.17, 15) is 9.59 Å². The smallest absolute Gasteiger partial charge is 0.270 e. The van der Waals surface area contributed by atoms with Crippen LogP contribution in [0.25, 0.3) is 6.08 Å². The van der Waals surface area contributed by atoms with E-state index in [2.05, 4.69) is 50.2 Å². The number of carbonyl (C=O) groups is 2. The van der Waals surface area contributed by atoms with Crippen molar-refractivity contribution in [3.05, 3.63) is 63.7 Å². The zero-order chi connectivity index (χ0) is 23.4. The maximum absolute atomic E-state index is 13.3. The molecule has 0 spiro atoms. The van der Waals surface area contributed by atoms with Crippen LogP contribution in [0.5, 0.6) is 0 Å². The third-order valence-electron chi connectivity index (χ3n) is 6.51. The molecule has 7 heteroatoms. The fraction of sp³-hybridized carbons (Fsp3) is 0.320. The molecule has 1 saturated heterocycles. The van der Waals surface area contributed by atoms with Crippen molar-refractivity contribution in [2.24, 2.45) is 0 Å². The third-order valence-corrected chi connectivity index (χ3v) is 7.04. The van der Waals surface area contributed by atoms with E-state index in [1.165, 1.54) is 16.2 Å². The summed E-state index contributed by atoms with van der Waals surface area (Å²) in [6.45, 7) is 8.71. The van der Waals surface area contributed by atoms with E-state index in [-0.39, 0.29) is 16.2 Å². The van der Waals surface area contributed by atoms with E-state index in [1.807, 2.05) is 6.92 Å². The predicted octanol–water partition coefficient (Wildman–Crippen LogP) is 5.20. The number of hydrogen-bond acceptors (Lipinski definition) is 4. The molecule has 32 heavy (non-hydrogen) atoms. The van der Waals surface area contributed by atoms with E-state index in [4.69, 9.17) is 23.8 Å². The summed E-state index contributed by atoms with van der Waals surface area (Å²) >= 11 is 11.3. The molecule has 0 saturated carbocycles. The highest BCUT2D eigenvalue weighted by Crippen LogP contribution is 2.43. The van der Waals surface area contributed by atoms with E-state index < -0.39 is 11.8 Å². The minimum Gasteiger partial charge on any atom is -0.369 e. The van der Waals surface area contributed by atoms with Crippen molar-refractivity contribution in [2.45, 2.75) is 45.6 Å². The zero-order valence-electron chi connectivity index (χ0n) is 18.8. The highest BCUT2D eigenvalue weighted by molar-refractivity contribution is 7.80. The molecule has 2 amide bonds. The van der Waals surface area contributed by atoms with Crippen molar-refractivity contribution in [1.82, 2.24) is 5.32 Å². The van der Waals surface area contributed by atoms with Crippen molar-refractivity contribution < 1.29 is 9.59 Å². The Morgan fingerprint density at radius 3 is 2.50 bits per heavy atom. The number of nitrogens with one attached hydrogen (secondary N) is 1. The normalized spacial score (nSPS) is 21.6. The topological polar surface area (TPSA) is 52.7 Å². The summed E-state index contributed by atoms with van der Waals surface area (Å²) < 4.78 is 0. The number of carbonyl (C=O) groups excluding carboxylic acids is 2. The Bertz CT molecular complexity index is 1170. The van der Waals surface area contributed by atoms with Crippen LogP contribution < -0.4 is 15.1 Å². The quantitative estimate of drug-likeness (QED) is 0.374. The largest absolute Gasteiger partial charge is 0.369 e. The van der Waals surface area contributed by atoms with E-state index in [1.54, 1.807) is 30.3 Å². The molecule has 2 aromatic carbocycles. The molecule has 5 nitrogen and oxygen atoms in total. The van der Waals surface area contributed by atoms with Gasteiger partial charge in [0.1, 0.15) is 5.57 Å². The number of rotatable bonds is 2. The first-order valence-corrected chi connectivity index (χ1v) is 11.3. The maximum atomic E-state index is 13.3. The SMILES string of the molecule is Cc1cc2c(cc1/C=C1\C(=O)NC(=S)N(c3ccc(Cl)cc3)C1=O)[C@H](C)CC(C)(C)N2C.